The van der Waals surface area contributed by atoms with Crippen molar-refractivity contribution in [1.29, 1.82) is 0 Å². The summed E-state index contributed by atoms with van der Waals surface area (Å²) < 4.78 is 0. The van der Waals surface area contributed by atoms with Gasteiger partial charge in [-0.3, -0.25) is 24.0 Å². The minimum absolute atomic E-state index is 0.107. The molecule has 0 bridgehead atoms. The van der Waals surface area contributed by atoms with Crippen molar-refractivity contribution >= 4 is 35.6 Å². The summed E-state index contributed by atoms with van der Waals surface area (Å²) >= 11 is 0. The average molecular weight is 445 g/mol. The molecule has 4 unspecified atom stereocenters. The number of aliphatic hydroxyl groups is 1. The molecule has 1 fully saturated rings. The van der Waals surface area contributed by atoms with Crippen LogP contribution in [0.4, 0.5) is 0 Å². The van der Waals surface area contributed by atoms with Gasteiger partial charge in [-0.2, -0.15) is 0 Å². The summed E-state index contributed by atoms with van der Waals surface area (Å²) in [6.45, 7) is -0.590. The average Bonchev–Trinajstić information content (AvgIpc) is 3.18. The monoisotopic (exact) mass is 445 g/mol. The molecule has 31 heavy (non-hydrogen) atoms. The van der Waals surface area contributed by atoms with Crippen molar-refractivity contribution < 1.29 is 44.1 Å². The van der Waals surface area contributed by atoms with Crippen molar-refractivity contribution in [3.8, 4) is 0 Å². The zero-order valence-corrected chi connectivity index (χ0v) is 16.7. The van der Waals surface area contributed by atoms with Crippen LogP contribution in [0.25, 0.3) is 0 Å². The Morgan fingerprint density at radius 1 is 1.06 bits per heavy atom. The lowest BCUT2D eigenvalue weighted by molar-refractivity contribution is -0.146. The maximum absolute atomic E-state index is 13.0. The number of amides is 4. The minimum atomic E-state index is -1.58. The smallest absolute Gasteiger partial charge is 0.326 e. The Hall–Kier alpha value is -3.26. The van der Waals surface area contributed by atoms with Crippen molar-refractivity contribution in [2.24, 2.45) is 11.5 Å². The molecule has 0 aromatic carbocycles. The number of hydrogen-bond donors (Lipinski definition) is 7. The molecule has 1 rings (SSSR count). The standard InChI is InChI=1S/C17H27N5O9/c18-8(7-23)14(27)20-9(3-4-13(25)26)16(29)22-5-1-2-11(22)15(28)21-10(17(30)31)6-12(19)24/h8-11,23H,1-7,18H2,(H2,19,24)(H,20,27)(H,21,28)(H,25,26)(H,30,31). The molecule has 0 saturated carbocycles. The van der Waals surface area contributed by atoms with E-state index in [0.717, 1.165) is 4.90 Å². The Bertz CT molecular complexity index is 729. The third-order valence-electron chi connectivity index (χ3n) is 4.65. The molecule has 4 atom stereocenters. The quantitative estimate of drug-likeness (QED) is 0.154. The number of carboxylic acids is 2. The molecule has 0 radical (unpaired) electrons. The molecule has 174 valence electrons. The summed E-state index contributed by atoms with van der Waals surface area (Å²) in [7, 11) is 0. The van der Waals surface area contributed by atoms with Crippen LogP contribution in [0.15, 0.2) is 0 Å². The van der Waals surface area contributed by atoms with Crippen LogP contribution in [0.3, 0.4) is 0 Å². The summed E-state index contributed by atoms with van der Waals surface area (Å²) in [5.41, 5.74) is 10.4. The predicted molar refractivity (Wildman–Crippen MR) is 102 cm³/mol. The van der Waals surface area contributed by atoms with Crippen LogP contribution in [-0.4, -0.2) is 93.1 Å². The van der Waals surface area contributed by atoms with Crippen molar-refractivity contribution in [3.05, 3.63) is 0 Å². The molecule has 0 spiro atoms. The molecule has 0 aromatic heterocycles. The second-order valence-corrected chi connectivity index (χ2v) is 7.04. The molecular weight excluding hydrogens is 418 g/mol. The number of aliphatic hydroxyl groups excluding tert-OH is 1. The lowest BCUT2D eigenvalue weighted by Gasteiger charge is -2.29. The fourth-order valence-corrected chi connectivity index (χ4v) is 3.06. The maximum atomic E-state index is 13.0. The number of likely N-dealkylation sites (tertiary alicyclic amines) is 1. The number of carboxylic acid groups (broad SMARTS) is 2. The van der Waals surface area contributed by atoms with Crippen molar-refractivity contribution in [2.75, 3.05) is 13.2 Å². The zero-order valence-electron chi connectivity index (χ0n) is 16.7. The number of carbonyl (C=O) groups excluding carboxylic acids is 4. The molecule has 1 aliphatic heterocycles. The summed E-state index contributed by atoms with van der Waals surface area (Å²) in [6.07, 6.45) is -0.806. The fourth-order valence-electron chi connectivity index (χ4n) is 3.06. The van der Waals surface area contributed by atoms with Crippen LogP contribution in [0, 0.1) is 0 Å². The zero-order chi connectivity index (χ0) is 23.7. The first kappa shape index (κ1) is 25.8. The van der Waals surface area contributed by atoms with E-state index < -0.39 is 79.2 Å². The maximum Gasteiger partial charge on any atom is 0.326 e. The van der Waals surface area contributed by atoms with E-state index in [4.69, 9.17) is 26.8 Å². The number of nitrogens with two attached hydrogens (primary N) is 2. The van der Waals surface area contributed by atoms with E-state index in [2.05, 4.69) is 10.6 Å². The van der Waals surface area contributed by atoms with E-state index in [-0.39, 0.29) is 19.4 Å². The van der Waals surface area contributed by atoms with Gasteiger partial charge in [0.25, 0.3) is 0 Å². The van der Waals surface area contributed by atoms with E-state index in [9.17, 15) is 28.8 Å². The fraction of sp³-hybridized carbons (Fsp3) is 0.647. The van der Waals surface area contributed by atoms with Gasteiger partial charge in [-0.05, 0) is 19.3 Å². The SMILES string of the molecule is NC(=O)CC(NC(=O)C1CCCN1C(=O)C(CCC(=O)O)NC(=O)C(N)CO)C(=O)O. The Kier molecular flexibility index (Phi) is 9.82. The molecule has 14 heteroatoms. The van der Waals surface area contributed by atoms with E-state index in [1.807, 2.05) is 0 Å². The molecule has 9 N–H and O–H groups in total. The summed E-state index contributed by atoms with van der Waals surface area (Å²) in [5, 5.41) is 31.5. The van der Waals surface area contributed by atoms with Gasteiger partial charge in [0.15, 0.2) is 0 Å². The van der Waals surface area contributed by atoms with Gasteiger partial charge in [0.2, 0.25) is 23.6 Å². The summed E-state index contributed by atoms with van der Waals surface area (Å²) in [5.74, 6) is -6.09. The highest BCUT2D eigenvalue weighted by molar-refractivity contribution is 5.95. The highest BCUT2D eigenvalue weighted by atomic mass is 16.4. The number of carbonyl (C=O) groups is 6. The number of primary amides is 1. The van der Waals surface area contributed by atoms with Gasteiger partial charge in [0.1, 0.15) is 24.2 Å². The minimum Gasteiger partial charge on any atom is -0.481 e. The van der Waals surface area contributed by atoms with Gasteiger partial charge in [-0.1, -0.05) is 0 Å². The van der Waals surface area contributed by atoms with Crippen LogP contribution in [0.2, 0.25) is 0 Å². The summed E-state index contributed by atoms with van der Waals surface area (Å²) in [4.78, 5) is 71.8. The number of hydrogen-bond acceptors (Lipinski definition) is 8. The Balaban J connectivity index is 2.97. The van der Waals surface area contributed by atoms with E-state index >= 15 is 0 Å². The molecule has 1 aliphatic rings. The number of rotatable bonds is 12. The predicted octanol–water partition coefficient (Wildman–Crippen LogP) is -3.91. The topological polar surface area (TPSA) is 242 Å². The van der Waals surface area contributed by atoms with Crippen LogP contribution in [-0.2, 0) is 28.8 Å². The second kappa shape index (κ2) is 11.8. The van der Waals surface area contributed by atoms with E-state index in [0.29, 0.717) is 6.42 Å². The Morgan fingerprint density at radius 2 is 1.71 bits per heavy atom. The van der Waals surface area contributed by atoms with Gasteiger partial charge >= 0.3 is 11.9 Å². The molecule has 0 aliphatic carbocycles. The highest BCUT2D eigenvalue weighted by Crippen LogP contribution is 2.20. The first-order valence-corrected chi connectivity index (χ1v) is 9.48. The van der Waals surface area contributed by atoms with Crippen LogP contribution in [0.1, 0.15) is 32.1 Å². The molecule has 0 aromatic rings. The van der Waals surface area contributed by atoms with E-state index in [1.165, 1.54) is 0 Å². The van der Waals surface area contributed by atoms with Gasteiger partial charge in [0.05, 0.1) is 13.0 Å². The van der Waals surface area contributed by atoms with Gasteiger partial charge < -0.3 is 42.3 Å². The molecule has 1 saturated heterocycles. The molecule has 14 nitrogen and oxygen atoms in total. The van der Waals surface area contributed by atoms with Crippen molar-refractivity contribution in [2.45, 2.75) is 56.3 Å². The Morgan fingerprint density at radius 3 is 2.23 bits per heavy atom. The second-order valence-electron chi connectivity index (χ2n) is 7.04. The van der Waals surface area contributed by atoms with Gasteiger partial charge in [-0.15, -0.1) is 0 Å². The molecule has 1 heterocycles. The first-order chi connectivity index (χ1) is 14.5. The Labute approximate surface area is 176 Å². The van der Waals surface area contributed by atoms with Gasteiger partial charge in [0, 0.05) is 13.0 Å². The van der Waals surface area contributed by atoms with Crippen LogP contribution in [0.5, 0.6) is 0 Å². The van der Waals surface area contributed by atoms with Crippen molar-refractivity contribution in [1.82, 2.24) is 15.5 Å². The highest BCUT2D eigenvalue weighted by Gasteiger charge is 2.39. The lowest BCUT2D eigenvalue weighted by Crippen LogP contribution is -2.57. The normalized spacial score (nSPS) is 18.5. The summed E-state index contributed by atoms with van der Waals surface area (Å²) in [6, 6.07) is -5.32. The molecular formula is C17H27N5O9. The van der Waals surface area contributed by atoms with Crippen LogP contribution >= 0.6 is 0 Å². The van der Waals surface area contributed by atoms with Crippen molar-refractivity contribution in [3.63, 3.8) is 0 Å². The third-order valence-corrected chi connectivity index (χ3v) is 4.65. The number of nitrogens with one attached hydrogen (secondary N) is 2. The number of nitrogens with zero attached hydrogens (tertiary/aromatic N) is 1. The number of aliphatic carboxylic acids is 2. The third kappa shape index (κ3) is 7.82. The van der Waals surface area contributed by atoms with Crippen LogP contribution < -0.4 is 22.1 Å². The lowest BCUT2D eigenvalue weighted by atomic mass is 10.1. The molecule has 4 amide bonds. The van der Waals surface area contributed by atoms with Gasteiger partial charge in [-0.25, -0.2) is 4.79 Å². The first-order valence-electron chi connectivity index (χ1n) is 9.48. The largest absolute Gasteiger partial charge is 0.481 e. The van der Waals surface area contributed by atoms with E-state index in [1.54, 1.807) is 0 Å².